The maximum Gasteiger partial charge on any atom is 0.130 e. The number of hydrogen-bond acceptors (Lipinski definition) is 17. The van der Waals surface area contributed by atoms with E-state index in [9.17, 15) is 10.2 Å². The molecule has 0 aliphatic heterocycles. The first kappa shape index (κ1) is 137. The van der Waals surface area contributed by atoms with E-state index in [2.05, 4.69) is 144 Å². The van der Waals surface area contributed by atoms with Gasteiger partial charge in [-0.2, -0.15) is 0 Å². The van der Waals surface area contributed by atoms with E-state index in [1.54, 1.807) is 79.1 Å². The Morgan fingerprint density at radius 3 is 0.578 bits per heavy atom. The van der Waals surface area contributed by atoms with Crippen molar-refractivity contribution in [3.05, 3.63) is 265 Å². The molecule has 17 nitrogen and oxygen atoms in total. The van der Waals surface area contributed by atoms with E-state index < -0.39 is 0 Å². The second-order valence-electron chi connectivity index (χ2n) is 29.2. The average molecular weight is 1790 g/mol. The van der Waals surface area contributed by atoms with E-state index in [-0.39, 0.29) is 102 Å². The molecule has 0 radical (unpaired) electrons. The number of rotatable bonds is 41. The molecule has 0 aliphatic carbocycles. The number of aryl methyl sites for hydroxylation is 1. The summed E-state index contributed by atoms with van der Waals surface area (Å²) in [5, 5.41) is 46.0. The molecule has 0 aliphatic rings. The second-order valence-corrected chi connectivity index (χ2v) is 29.2. The van der Waals surface area contributed by atoms with Gasteiger partial charge in [-0.05, 0) is 223 Å². The van der Waals surface area contributed by atoms with E-state index in [0.717, 1.165) is 106 Å². The first-order valence-electron chi connectivity index (χ1n) is 41.1. The van der Waals surface area contributed by atoms with E-state index >= 15 is 0 Å². The molecule has 17 heteroatoms. The molecule has 6 unspecified atom stereocenters. The predicted molar refractivity (Wildman–Crippen MR) is 550 cm³/mol. The summed E-state index contributed by atoms with van der Waals surface area (Å²) in [5.74, 6) is 9.14. The van der Waals surface area contributed by atoms with Crippen molar-refractivity contribution in [3.63, 3.8) is 0 Å². The van der Waals surface area contributed by atoms with Crippen LogP contribution in [0, 0.1) is 6.92 Å². The highest BCUT2D eigenvalue weighted by Gasteiger charge is 2.18. The van der Waals surface area contributed by atoms with Crippen LogP contribution < -0.4 is 28.4 Å². The van der Waals surface area contributed by atoms with Gasteiger partial charge in [-0.1, -0.05) is 263 Å². The summed E-state index contributed by atoms with van der Waals surface area (Å²) >= 11 is 0. The van der Waals surface area contributed by atoms with Crippen LogP contribution in [0.15, 0.2) is 182 Å². The summed E-state index contributed by atoms with van der Waals surface area (Å²) in [6, 6.07) is 59.0. The van der Waals surface area contributed by atoms with Gasteiger partial charge in [-0.15, -0.1) is 0 Å². The molecule has 0 fully saturated rings. The Kier molecular flexibility index (Phi) is 84.3. The smallest absolute Gasteiger partial charge is 0.130 e. The van der Waals surface area contributed by atoms with Crippen LogP contribution in [0.2, 0.25) is 0 Å². The Labute approximate surface area is 783 Å². The van der Waals surface area contributed by atoms with Crippen LogP contribution in [-0.2, 0) is 81.3 Å². The van der Waals surface area contributed by atoms with Gasteiger partial charge >= 0.3 is 0 Å². The summed E-state index contributed by atoms with van der Waals surface area (Å²) in [6.07, 6.45) is 6.81. The number of hydrogen-bond donors (Lipinski definition) is 5. The second kappa shape index (κ2) is 78.9. The Balaban J connectivity index is -0.000000194. The molecule has 0 spiro atoms. The van der Waals surface area contributed by atoms with Crippen LogP contribution in [0.25, 0.3) is 0 Å². The van der Waals surface area contributed by atoms with Gasteiger partial charge in [0.1, 0.15) is 91.4 Å². The normalized spacial score (nSPS) is 11.1. The molecular formula is C111H186O17. The fraction of sp³-hybridized carbons (Fsp3) is 0.514. The summed E-state index contributed by atoms with van der Waals surface area (Å²) in [6.45, 7) is 33.4. The number of aliphatic hydroxyl groups excluding tert-OH is 2. The summed E-state index contributed by atoms with van der Waals surface area (Å²) in [5.41, 5.74) is 16.3. The van der Waals surface area contributed by atoms with Crippen molar-refractivity contribution in [2.45, 2.75) is 306 Å². The molecule has 0 bridgehead atoms. The number of aliphatic hydroxyl groups is 2. The van der Waals surface area contributed by atoms with Crippen LogP contribution in [0.5, 0.6) is 51.7 Å². The standard InChI is InChI=1S/2C24H34O5.C21H28O4.3C10H14O.12CH4/c2*1-6-18(2)20-7-9-23(10-8-20)28-11-12-29-24-21(16-26-4)13-19(15-25-3)14-22(24)17-27-5;1-4-16(3)17-5-7-20(8-6-17)24-9-10-25-21-18(13-22)11-15(2)12-19(21)14-23;3*1-3-8(2)9-4-6-10(11)7-5-9;;;;;;;;;;;;/h2*7-10,13-14,18H,6,11-12,15-17H2,1-5H3;5-8,11-12,16,22-23H,4,9-10,13-14H2,1-3H3;3*4-8,11H,3H2,1-2H3;12*1H4. The quantitative estimate of drug-likeness (QED) is 0.0226. The Morgan fingerprint density at radius 1 is 0.234 bits per heavy atom. The zero-order valence-electron chi connectivity index (χ0n) is 73.1. The number of aromatic hydroxyl groups is 3. The lowest BCUT2D eigenvalue weighted by molar-refractivity contribution is 0.161. The highest BCUT2D eigenvalue weighted by molar-refractivity contribution is 5.47. The van der Waals surface area contributed by atoms with Crippen molar-refractivity contribution >= 4 is 0 Å². The molecular weight excluding hydrogens is 1610 g/mol. The predicted octanol–water partition coefficient (Wildman–Crippen LogP) is 30.5. The lowest BCUT2D eigenvalue weighted by Gasteiger charge is -2.18. The number of benzene rings is 9. The van der Waals surface area contributed by atoms with Gasteiger partial charge in [0, 0.05) is 76.0 Å². The largest absolute Gasteiger partial charge is 0.508 e. The maximum absolute atomic E-state index is 9.50. The van der Waals surface area contributed by atoms with Gasteiger partial charge in [0.15, 0.2) is 0 Å². The van der Waals surface area contributed by atoms with Crippen LogP contribution in [0.3, 0.4) is 0 Å². The fourth-order valence-corrected chi connectivity index (χ4v) is 12.3. The van der Waals surface area contributed by atoms with Gasteiger partial charge in [0.2, 0.25) is 0 Å². The van der Waals surface area contributed by atoms with Crippen molar-refractivity contribution in [3.8, 4) is 51.7 Å². The van der Waals surface area contributed by atoms with Gasteiger partial charge in [0.25, 0.3) is 0 Å². The van der Waals surface area contributed by atoms with Crippen LogP contribution >= 0.6 is 0 Å². The molecule has 732 valence electrons. The van der Waals surface area contributed by atoms with Crippen molar-refractivity contribution in [1.29, 1.82) is 0 Å². The van der Waals surface area contributed by atoms with Crippen LogP contribution in [0.4, 0.5) is 0 Å². The zero-order chi connectivity index (χ0) is 85.2. The summed E-state index contributed by atoms with van der Waals surface area (Å²) in [4.78, 5) is 0. The molecule has 0 saturated heterocycles. The minimum atomic E-state index is -0.123. The maximum atomic E-state index is 9.50. The molecule has 9 aromatic rings. The first-order valence-corrected chi connectivity index (χ1v) is 41.1. The number of ether oxygens (including phenoxy) is 12. The van der Waals surface area contributed by atoms with Gasteiger partial charge in [0.05, 0.1) is 52.9 Å². The SMILES string of the molecule is C.C.C.C.C.C.C.C.C.C.C.C.CCC(C)c1ccc(O)cc1.CCC(C)c1ccc(O)cc1.CCC(C)c1ccc(O)cc1.CCC(C)c1ccc(OCCOc2c(CO)cc(C)cc2CO)cc1.CCC(C)c1ccc(OCCOc2c(COC)cc(COC)cc2COC)cc1.CCC(C)c1ccc(OCCOc2c(COC)cc(COC)cc2COC)cc1. The van der Waals surface area contributed by atoms with Crippen molar-refractivity contribution in [2.24, 2.45) is 0 Å². The van der Waals surface area contributed by atoms with E-state index in [4.69, 9.17) is 72.2 Å². The van der Waals surface area contributed by atoms with E-state index in [0.29, 0.717) is 149 Å². The van der Waals surface area contributed by atoms with Crippen molar-refractivity contribution in [1.82, 2.24) is 0 Å². The monoisotopic (exact) mass is 1790 g/mol. The molecule has 128 heavy (non-hydrogen) atoms. The summed E-state index contributed by atoms with van der Waals surface area (Å²) < 4.78 is 67.3. The third-order valence-corrected chi connectivity index (χ3v) is 20.4. The first-order chi connectivity index (χ1) is 56.0. The van der Waals surface area contributed by atoms with Crippen LogP contribution in [0.1, 0.15) is 330 Å². The van der Waals surface area contributed by atoms with Crippen molar-refractivity contribution in [2.75, 3.05) is 82.3 Å². The number of phenols is 3. The minimum Gasteiger partial charge on any atom is -0.508 e. The molecule has 0 saturated carbocycles. The van der Waals surface area contributed by atoms with Gasteiger partial charge in [-0.3, -0.25) is 0 Å². The molecule has 9 aromatic carbocycles. The zero-order valence-corrected chi connectivity index (χ0v) is 73.1. The Bertz CT molecular complexity index is 3730. The molecule has 0 aromatic heterocycles. The van der Waals surface area contributed by atoms with E-state index in [1.807, 2.05) is 91.9 Å². The lowest BCUT2D eigenvalue weighted by atomic mass is 9.99. The third-order valence-electron chi connectivity index (χ3n) is 20.4. The topological polar surface area (TPSA) is 212 Å². The fourth-order valence-electron chi connectivity index (χ4n) is 12.3. The highest BCUT2D eigenvalue weighted by Crippen LogP contribution is 2.33. The number of phenolic OH excluding ortho intramolecular Hbond substituents is 3. The minimum absolute atomic E-state index is 0. The average Bonchev–Trinajstić information content (AvgIpc) is 0.815. The Morgan fingerprint density at radius 2 is 0.406 bits per heavy atom. The summed E-state index contributed by atoms with van der Waals surface area (Å²) in [7, 11) is 10.1. The van der Waals surface area contributed by atoms with Crippen LogP contribution in [-0.4, -0.2) is 108 Å². The van der Waals surface area contributed by atoms with E-state index in [1.165, 1.54) is 33.4 Å². The lowest BCUT2D eigenvalue weighted by Crippen LogP contribution is -2.12. The Hall–Kier alpha value is -9.14. The third kappa shape index (κ3) is 49.6. The van der Waals surface area contributed by atoms with Gasteiger partial charge < -0.3 is 82.4 Å². The molecule has 9 rings (SSSR count). The number of methoxy groups -OCH3 is 6. The molecule has 0 heterocycles. The molecule has 0 amide bonds. The molecule has 6 atom stereocenters. The van der Waals surface area contributed by atoms with Crippen molar-refractivity contribution < 1.29 is 82.4 Å². The molecule has 5 N–H and O–H groups in total. The highest BCUT2D eigenvalue weighted by atomic mass is 16.5. The van der Waals surface area contributed by atoms with Gasteiger partial charge in [-0.25, -0.2) is 0 Å².